The minimum atomic E-state index is -4.45. The third-order valence-corrected chi connectivity index (χ3v) is 5.93. The molecule has 146 valence electrons. The third kappa shape index (κ3) is 4.18. The summed E-state index contributed by atoms with van der Waals surface area (Å²) < 4.78 is 14.1. The number of anilines is 1. The Hall–Kier alpha value is -2.44. The first-order valence-corrected chi connectivity index (χ1v) is 10.9. The number of aromatic nitrogens is 2. The summed E-state index contributed by atoms with van der Waals surface area (Å²) in [4.78, 5) is 26.6. The van der Waals surface area contributed by atoms with Crippen molar-refractivity contribution in [2.75, 3.05) is 11.9 Å². The van der Waals surface area contributed by atoms with Crippen molar-refractivity contribution >= 4 is 13.3 Å². The molecule has 8 heteroatoms. The highest BCUT2D eigenvalue weighted by atomic mass is 31.2. The summed E-state index contributed by atoms with van der Waals surface area (Å²) >= 11 is 0. The Balaban J connectivity index is 1.55. The van der Waals surface area contributed by atoms with Gasteiger partial charge in [0, 0.05) is 38.1 Å². The van der Waals surface area contributed by atoms with E-state index in [-0.39, 0.29) is 0 Å². The van der Waals surface area contributed by atoms with Gasteiger partial charge in [0.05, 0.1) is 5.69 Å². The smallest absolute Gasteiger partial charge is 0.355 e. The van der Waals surface area contributed by atoms with Gasteiger partial charge in [0.2, 0.25) is 0 Å². The number of fused-ring (bicyclic) bond motifs is 1. The van der Waals surface area contributed by atoms with Gasteiger partial charge in [0.15, 0.2) is 5.78 Å². The summed E-state index contributed by atoms with van der Waals surface area (Å²) in [6.07, 6.45) is 1.72. The lowest BCUT2D eigenvalue weighted by Crippen LogP contribution is -2.34. The van der Waals surface area contributed by atoms with Crippen molar-refractivity contribution in [3.05, 3.63) is 83.9 Å². The maximum absolute atomic E-state index is 12.2. The first kappa shape index (κ1) is 18.9. The van der Waals surface area contributed by atoms with Gasteiger partial charge in [-0.2, -0.15) is 0 Å². The van der Waals surface area contributed by atoms with Gasteiger partial charge in [-0.25, -0.2) is 4.98 Å². The first-order valence-electron chi connectivity index (χ1n) is 9.18. The molecule has 3 N–H and O–H groups in total. The standard InChI is InChI=1S/C20H23N4O3P/c25-28(26,27)20(22-17-9-5-2-6-10-17)19-21-13-18-15-23(11-12-24(18)19)14-16-7-3-1-4-8-16/h1-10,13,20,22H,11-12,14-15H2,(H2,25,26,27). The molecule has 4 rings (SSSR count). The highest BCUT2D eigenvalue weighted by molar-refractivity contribution is 7.52. The first-order chi connectivity index (χ1) is 13.5. The number of imidazole rings is 1. The molecule has 0 saturated heterocycles. The van der Waals surface area contributed by atoms with Crippen molar-refractivity contribution in [2.24, 2.45) is 0 Å². The van der Waals surface area contributed by atoms with Gasteiger partial charge >= 0.3 is 7.60 Å². The monoisotopic (exact) mass is 398 g/mol. The summed E-state index contributed by atoms with van der Waals surface area (Å²) in [7, 11) is -4.45. The van der Waals surface area contributed by atoms with Crippen LogP contribution in [0.3, 0.4) is 0 Å². The van der Waals surface area contributed by atoms with Gasteiger partial charge in [-0.3, -0.25) is 9.46 Å². The lowest BCUT2D eigenvalue weighted by Gasteiger charge is -2.30. The molecular formula is C20H23N4O3P. The Morgan fingerprint density at radius 3 is 2.39 bits per heavy atom. The fraction of sp³-hybridized carbons (Fsp3) is 0.250. The summed E-state index contributed by atoms with van der Waals surface area (Å²) in [6, 6.07) is 19.3. The predicted octanol–water partition coefficient (Wildman–Crippen LogP) is 3.19. The van der Waals surface area contributed by atoms with E-state index in [1.807, 2.05) is 41.0 Å². The predicted molar refractivity (Wildman–Crippen MR) is 108 cm³/mol. The van der Waals surface area contributed by atoms with Crippen LogP contribution in [0.1, 0.15) is 22.9 Å². The topological polar surface area (TPSA) is 90.6 Å². The minimum absolute atomic E-state index is 0.381. The quantitative estimate of drug-likeness (QED) is 0.553. The zero-order valence-corrected chi connectivity index (χ0v) is 16.2. The molecule has 0 aliphatic carbocycles. The van der Waals surface area contributed by atoms with Gasteiger partial charge in [0.1, 0.15) is 5.82 Å². The highest BCUT2D eigenvalue weighted by Gasteiger charge is 2.36. The number of hydrogen-bond acceptors (Lipinski definition) is 4. The molecule has 1 aromatic heterocycles. The molecule has 0 radical (unpaired) electrons. The SMILES string of the molecule is O=P(O)(O)C(Nc1ccccc1)c1ncc2n1CCN(Cc1ccccc1)C2. The van der Waals surface area contributed by atoms with Crippen LogP contribution in [0.5, 0.6) is 0 Å². The van der Waals surface area contributed by atoms with Crippen molar-refractivity contribution in [3.63, 3.8) is 0 Å². The molecule has 0 amide bonds. The van der Waals surface area contributed by atoms with E-state index in [9.17, 15) is 14.4 Å². The third-order valence-electron chi connectivity index (χ3n) is 4.90. The number of rotatable bonds is 6. The Morgan fingerprint density at radius 2 is 1.71 bits per heavy atom. The van der Waals surface area contributed by atoms with E-state index in [1.165, 1.54) is 5.56 Å². The maximum Gasteiger partial charge on any atom is 0.355 e. The van der Waals surface area contributed by atoms with Crippen LogP contribution in [-0.4, -0.2) is 30.8 Å². The Morgan fingerprint density at radius 1 is 1.04 bits per heavy atom. The average Bonchev–Trinajstić information content (AvgIpc) is 3.09. The highest BCUT2D eigenvalue weighted by Crippen LogP contribution is 2.51. The minimum Gasteiger partial charge on any atom is -0.365 e. The van der Waals surface area contributed by atoms with Crippen LogP contribution in [0.25, 0.3) is 0 Å². The lowest BCUT2D eigenvalue weighted by atomic mass is 10.2. The zero-order valence-electron chi connectivity index (χ0n) is 15.3. The Bertz CT molecular complexity index is 972. The Labute approximate surface area is 163 Å². The molecule has 0 fully saturated rings. The molecular weight excluding hydrogens is 375 g/mol. The van der Waals surface area contributed by atoms with Crippen LogP contribution in [0.15, 0.2) is 66.9 Å². The van der Waals surface area contributed by atoms with Gasteiger partial charge in [-0.15, -0.1) is 0 Å². The number of para-hydroxylation sites is 1. The molecule has 0 spiro atoms. The second-order valence-corrected chi connectivity index (χ2v) is 8.65. The Kier molecular flexibility index (Phi) is 5.33. The van der Waals surface area contributed by atoms with E-state index in [2.05, 4.69) is 27.3 Å². The van der Waals surface area contributed by atoms with Crippen molar-refractivity contribution < 1.29 is 14.4 Å². The molecule has 0 bridgehead atoms. The molecule has 3 aromatic rings. The van der Waals surface area contributed by atoms with Gasteiger partial charge in [0.25, 0.3) is 0 Å². The van der Waals surface area contributed by atoms with Crippen LogP contribution in [0.4, 0.5) is 5.69 Å². The van der Waals surface area contributed by atoms with E-state index in [4.69, 9.17) is 0 Å². The normalized spacial score (nSPS) is 15.8. The molecule has 1 unspecified atom stereocenters. The van der Waals surface area contributed by atoms with Crippen LogP contribution in [0.2, 0.25) is 0 Å². The van der Waals surface area contributed by atoms with Crippen LogP contribution in [0, 0.1) is 0 Å². The zero-order chi connectivity index (χ0) is 19.6. The van der Waals surface area contributed by atoms with Crippen LogP contribution in [-0.2, 0) is 24.2 Å². The second kappa shape index (κ2) is 7.89. The summed E-state index contributed by atoms with van der Waals surface area (Å²) in [5.41, 5.74) is 2.86. The van der Waals surface area contributed by atoms with Crippen molar-refractivity contribution in [3.8, 4) is 0 Å². The largest absolute Gasteiger partial charge is 0.365 e. The molecule has 7 nitrogen and oxygen atoms in total. The van der Waals surface area contributed by atoms with Crippen molar-refractivity contribution in [1.82, 2.24) is 14.5 Å². The molecule has 2 aromatic carbocycles. The molecule has 2 heterocycles. The van der Waals surface area contributed by atoms with E-state index in [0.29, 0.717) is 24.6 Å². The molecule has 1 aliphatic rings. The van der Waals surface area contributed by atoms with Crippen LogP contribution >= 0.6 is 7.60 Å². The van der Waals surface area contributed by atoms with E-state index in [1.54, 1.807) is 18.3 Å². The summed E-state index contributed by atoms with van der Waals surface area (Å²) in [6.45, 7) is 2.97. The molecule has 28 heavy (non-hydrogen) atoms. The second-order valence-electron chi connectivity index (χ2n) is 6.96. The van der Waals surface area contributed by atoms with Crippen LogP contribution < -0.4 is 5.32 Å². The van der Waals surface area contributed by atoms with Gasteiger partial charge in [-0.1, -0.05) is 48.5 Å². The maximum atomic E-state index is 12.2. The van der Waals surface area contributed by atoms with E-state index >= 15 is 0 Å². The fourth-order valence-corrected chi connectivity index (χ4v) is 4.37. The van der Waals surface area contributed by atoms with E-state index in [0.717, 1.165) is 18.8 Å². The fourth-order valence-electron chi connectivity index (χ4n) is 3.55. The number of hydrogen-bond donors (Lipinski definition) is 3. The summed E-state index contributed by atoms with van der Waals surface area (Å²) in [5, 5.41) is 2.96. The summed E-state index contributed by atoms with van der Waals surface area (Å²) in [5.74, 6) is -0.795. The van der Waals surface area contributed by atoms with E-state index < -0.39 is 13.4 Å². The van der Waals surface area contributed by atoms with Crippen molar-refractivity contribution in [2.45, 2.75) is 25.4 Å². The van der Waals surface area contributed by atoms with Gasteiger partial charge < -0.3 is 19.7 Å². The molecule has 0 saturated carbocycles. The molecule has 1 atom stereocenters. The number of benzene rings is 2. The van der Waals surface area contributed by atoms with Gasteiger partial charge in [-0.05, 0) is 17.7 Å². The molecule has 1 aliphatic heterocycles. The number of nitrogens with zero attached hydrogens (tertiary/aromatic N) is 3. The number of nitrogens with one attached hydrogen (secondary N) is 1. The van der Waals surface area contributed by atoms with Crippen molar-refractivity contribution in [1.29, 1.82) is 0 Å². The average molecular weight is 398 g/mol. The lowest BCUT2D eigenvalue weighted by molar-refractivity contribution is 0.211.